The van der Waals surface area contributed by atoms with Crippen molar-refractivity contribution in [3.05, 3.63) is 54.4 Å². The van der Waals surface area contributed by atoms with E-state index in [9.17, 15) is 19.8 Å². The highest BCUT2D eigenvalue weighted by Gasteiger charge is 2.23. The predicted molar refractivity (Wildman–Crippen MR) is 112 cm³/mol. The standard InChI is InChI=1S/C22H25N3O5/c1-14(2)10-11-25(22(28)29)21(27)23-13-18(26)20-24-17-12-16(8-9-19(17)30-20)15-6-4-3-5-7-15/h3-9,12,14,18,26H,10-11,13H2,1-2H3,(H,23,27)(H,28,29)/t18-/m0/s1. The van der Waals surface area contributed by atoms with E-state index >= 15 is 0 Å². The number of aliphatic hydroxyl groups excluding tert-OH is 1. The van der Waals surface area contributed by atoms with Gasteiger partial charge < -0.3 is 19.9 Å². The lowest BCUT2D eigenvalue weighted by Crippen LogP contribution is -2.45. The number of carbonyl (C=O) groups is 2. The zero-order valence-electron chi connectivity index (χ0n) is 16.9. The topological polar surface area (TPSA) is 116 Å². The number of aromatic nitrogens is 1. The number of benzene rings is 2. The third-order valence-corrected chi connectivity index (χ3v) is 4.65. The van der Waals surface area contributed by atoms with Crippen molar-refractivity contribution in [1.29, 1.82) is 0 Å². The molecular formula is C22H25N3O5. The van der Waals surface area contributed by atoms with Crippen LogP contribution in [0.2, 0.25) is 0 Å². The van der Waals surface area contributed by atoms with Crippen LogP contribution in [-0.2, 0) is 0 Å². The van der Waals surface area contributed by atoms with Gasteiger partial charge in [-0.25, -0.2) is 19.5 Å². The molecule has 3 amide bonds. The van der Waals surface area contributed by atoms with Crippen molar-refractivity contribution in [3.63, 3.8) is 0 Å². The molecule has 3 N–H and O–H groups in total. The first-order valence-electron chi connectivity index (χ1n) is 9.77. The number of hydrogen-bond donors (Lipinski definition) is 3. The Labute approximate surface area is 174 Å². The third kappa shape index (κ3) is 5.15. The van der Waals surface area contributed by atoms with Gasteiger partial charge in [0.15, 0.2) is 5.58 Å². The van der Waals surface area contributed by atoms with Gasteiger partial charge in [-0.1, -0.05) is 50.2 Å². The molecule has 8 heteroatoms. The molecule has 0 spiro atoms. The van der Waals surface area contributed by atoms with Crippen LogP contribution >= 0.6 is 0 Å². The van der Waals surface area contributed by atoms with Crippen molar-refractivity contribution in [1.82, 2.24) is 15.2 Å². The van der Waals surface area contributed by atoms with Gasteiger partial charge in [-0.2, -0.15) is 0 Å². The number of imide groups is 1. The van der Waals surface area contributed by atoms with Crippen LogP contribution < -0.4 is 5.32 Å². The van der Waals surface area contributed by atoms with E-state index in [0.717, 1.165) is 11.1 Å². The average Bonchev–Trinajstić information content (AvgIpc) is 3.15. The maximum absolute atomic E-state index is 12.2. The molecule has 2 aromatic carbocycles. The minimum atomic E-state index is -1.34. The number of nitrogens with zero attached hydrogens (tertiary/aromatic N) is 2. The number of rotatable bonds is 7. The first-order valence-corrected chi connectivity index (χ1v) is 9.77. The molecule has 0 radical (unpaired) electrons. The first-order chi connectivity index (χ1) is 14.3. The lowest BCUT2D eigenvalue weighted by atomic mass is 10.1. The molecule has 8 nitrogen and oxygen atoms in total. The van der Waals surface area contributed by atoms with E-state index in [0.29, 0.717) is 22.4 Å². The summed E-state index contributed by atoms with van der Waals surface area (Å²) in [5.41, 5.74) is 3.10. The Bertz CT molecular complexity index is 1020. The van der Waals surface area contributed by atoms with Gasteiger partial charge in [0.2, 0.25) is 5.89 Å². The fraction of sp³-hybridized carbons (Fsp3) is 0.318. The number of hydrogen-bond acceptors (Lipinski definition) is 5. The summed E-state index contributed by atoms with van der Waals surface area (Å²) in [6, 6.07) is 14.6. The second kappa shape index (κ2) is 9.41. The SMILES string of the molecule is CC(C)CCN(C(=O)O)C(=O)NC[C@H](O)c1nc2cc(-c3ccccc3)ccc2o1. The molecular weight excluding hydrogens is 386 g/mol. The normalized spacial score (nSPS) is 12.1. The molecule has 0 unspecified atom stereocenters. The van der Waals surface area contributed by atoms with Gasteiger partial charge >= 0.3 is 12.1 Å². The Morgan fingerprint density at radius 3 is 2.53 bits per heavy atom. The maximum Gasteiger partial charge on any atom is 0.415 e. The van der Waals surface area contributed by atoms with Crippen LogP contribution in [0.25, 0.3) is 22.2 Å². The molecule has 1 aromatic heterocycles. The fourth-order valence-corrected chi connectivity index (χ4v) is 2.94. The molecule has 0 aliphatic carbocycles. The van der Waals surface area contributed by atoms with E-state index in [4.69, 9.17) is 4.42 Å². The zero-order valence-corrected chi connectivity index (χ0v) is 16.9. The molecule has 1 atom stereocenters. The number of carboxylic acid groups (broad SMARTS) is 1. The first kappa shape index (κ1) is 21.3. The van der Waals surface area contributed by atoms with Crippen molar-refractivity contribution in [3.8, 4) is 11.1 Å². The summed E-state index contributed by atoms with van der Waals surface area (Å²) >= 11 is 0. The Balaban J connectivity index is 1.67. The second-order valence-corrected chi connectivity index (χ2v) is 7.42. The van der Waals surface area contributed by atoms with Crippen LogP contribution in [0.5, 0.6) is 0 Å². The number of urea groups is 1. The smallest absolute Gasteiger partial charge is 0.415 e. The summed E-state index contributed by atoms with van der Waals surface area (Å²) in [4.78, 5) is 28.5. The van der Waals surface area contributed by atoms with Gasteiger partial charge in [0.05, 0.1) is 6.54 Å². The van der Waals surface area contributed by atoms with Crippen molar-refractivity contribution < 1.29 is 24.2 Å². The van der Waals surface area contributed by atoms with Crippen LogP contribution in [-0.4, -0.2) is 45.3 Å². The van der Waals surface area contributed by atoms with Gasteiger partial charge in [0, 0.05) is 6.54 Å². The number of aliphatic hydroxyl groups is 1. The molecule has 0 saturated heterocycles. The molecule has 0 aliphatic heterocycles. The molecule has 0 aliphatic rings. The van der Waals surface area contributed by atoms with Gasteiger partial charge in [0.25, 0.3) is 0 Å². The van der Waals surface area contributed by atoms with Gasteiger partial charge in [-0.3, -0.25) is 0 Å². The van der Waals surface area contributed by atoms with Crippen molar-refractivity contribution in [2.75, 3.05) is 13.1 Å². The lowest BCUT2D eigenvalue weighted by molar-refractivity contribution is 0.130. The Morgan fingerprint density at radius 1 is 1.13 bits per heavy atom. The molecule has 0 fully saturated rings. The van der Waals surface area contributed by atoms with Crippen LogP contribution in [0, 0.1) is 5.92 Å². The zero-order chi connectivity index (χ0) is 21.7. The number of oxazole rings is 1. The number of nitrogens with one attached hydrogen (secondary N) is 1. The second-order valence-electron chi connectivity index (χ2n) is 7.42. The highest BCUT2D eigenvalue weighted by atomic mass is 16.4. The van der Waals surface area contributed by atoms with Crippen LogP contribution in [0.4, 0.5) is 9.59 Å². The van der Waals surface area contributed by atoms with E-state index in [1.165, 1.54) is 0 Å². The highest BCUT2D eigenvalue weighted by Crippen LogP contribution is 2.26. The van der Waals surface area contributed by atoms with Crippen LogP contribution in [0.15, 0.2) is 52.9 Å². The van der Waals surface area contributed by atoms with Gasteiger partial charge in [-0.15, -0.1) is 0 Å². The van der Waals surface area contributed by atoms with E-state index in [-0.39, 0.29) is 24.9 Å². The number of carbonyl (C=O) groups excluding carboxylic acids is 1. The summed E-state index contributed by atoms with van der Waals surface area (Å²) < 4.78 is 5.60. The predicted octanol–water partition coefficient (Wildman–Crippen LogP) is 4.26. The summed E-state index contributed by atoms with van der Waals surface area (Å²) in [5, 5.41) is 22.0. The summed E-state index contributed by atoms with van der Waals surface area (Å²) in [5.74, 6) is 0.310. The van der Waals surface area contributed by atoms with Crippen molar-refractivity contribution in [2.45, 2.75) is 26.4 Å². The third-order valence-electron chi connectivity index (χ3n) is 4.65. The Hall–Kier alpha value is -3.39. The van der Waals surface area contributed by atoms with Gasteiger partial charge in [0.1, 0.15) is 11.6 Å². The van der Waals surface area contributed by atoms with Crippen LogP contribution in [0.3, 0.4) is 0 Å². The maximum atomic E-state index is 12.2. The van der Waals surface area contributed by atoms with Crippen molar-refractivity contribution >= 4 is 23.2 Å². The number of fused-ring (bicyclic) bond motifs is 1. The molecule has 3 rings (SSSR count). The Kier molecular flexibility index (Phi) is 6.68. The van der Waals surface area contributed by atoms with E-state index in [2.05, 4.69) is 10.3 Å². The molecule has 3 aromatic rings. The minimum absolute atomic E-state index is 0.0552. The summed E-state index contributed by atoms with van der Waals surface area (Å²) in [6.07, 6.45) is -1.99. The van der Waals surface area contributed by atoms with Crippen molar-refractivity contribution in [2.24, 2.45) is 5.92 Å². The highest BCUT2D eigenvalue weighted by molar-refractivity contribution is 5.90. The van der Waals surface area contributed by atoms with E-state index in [1.807, 2.05) is 56.3 Å². The molecule has 0 saturated carbocycles. The molecule has 0 bridgehead atoms. The summed E-state index contributed by atoms with van der Waals surface area (Å²) in [7, 11) is 0. The average molecular weight is 411 g/mol. The minimum Gasteiger partial charge on any atom is -0.465 e. The lowest BCUT2D eigenvalue weighted by Gasteiger charge is -2.19. The summed E-state index contributed by atoms with van der Waals surface area (Å²) in [6.45, 7) is 3.75. The van der Waals surface area contributed by atoms with Crippen LogP contribution in [0.1, 0.15) is 32.3 Å². The molecule has 30 heavy (non-hydrogen) atoms. The van der Waals surface area contributed by atoms with E-state index in [1.54, 1.807) is 6.07 Å². The molecule has 158 valence electrons. The Morgan fingerprint density at radius 2 is 1.87 bits per heavy atom. The van der Waals surface area contributed by atoms with E-state index < -0.39 is 18.2 Å². The number of amides is 3. The monoisotopic (exact) mass is 411 g/mol. The largest absolute Gasteiger partial charge is 0.465 e. The van der Waals surface area contributed by atoms with Gasteiger partial charge in [-0.05, 0) is 35.6 Å². The molecule has 1 heterocycles. The quantitative estimate of drug-likeness (QED) is 0.535. The fourth-order valence-electron chi connectivity index (χ4n) is 2.94.